The summed E-state index contributed by atoms with van der Waals surface area (Å²) in [6.45, 7) is 5.94. The van der Waals surface area contributed by atoms with Crippen LogP contribution in [0.3, 0.4) is 0 Å². The summed E-state index contributed by atoms with van der Waals surface area (Å²) >= 11 is -0.567. The maximum absolute atomic E-state index is 12.6. The topological polar surface area (TPSA) is 9.23 Å². The van der Waals surface area contributed by atoms with E-state index >= 15 is 0 Å². The third-order valence-electron chi connectivity index (χ3n) is 1.06. The molecular weight excluding hydrogens is 270 g/mol. The first-order valence-electron chi connectivity index (χ1n) is 3.70. The van der Waals surface area contributed by atoms with E-state index in [0.29, 0.717) is 0 Å². The van der Waals surface area contributed by atoms with Crippen molar-refractivity contribution in [3.05, 3.63) is 21.7 Å². The van der Waals surface area contributed by atoms with Gasteiger partial charge in [-0.05, 0) is 53.7 Å². The molecule has 1 nitrogen and oxygen atoms in total. The van der Waals surface area contributed by atoms with Gasteiger partial charge in [0.1, 0.15) is 11.4 Å². The number of ether oxygens (including phenoxy) is 1. The normalized spacial score (nSPS) is 17.7. The van der Waals surface area contributed by atoms with Crippen LogP contribution in [0.1, 0.15) is 20.8 Å². The first-order valence-corrected chi connectivity index (χ1v) is 6.03. The van der Waals surface area contributed by atoms with Crippen LogP contribution in [0, 0.1) is 0 Å². The molecule has 0 saturated carbocycles. The summed E-state index contributed by atoms with van der Waals surface area (Å²) in [6, 6.07) is 0. The Hall–Kier alpha value is -0.190. The van der Waals surface area contributed by atoms with Crippen molar-refractivity contribution in [3.8, 4) is 0 Å². The van der Waals surface area contributed by atoms with E-state index in [2.05, 4.69) is 0 Å². The zero-order chi connectivity index (χ0) is 9.19. The first-order chi connectivity index (χ1) is 5.47. The minimum absolute atomic E-state index is 0.00457. The number of halogens is 2. The smallest absolute Gasteiger partial charge is 0.155 e. The minimum Gasteiger partial charge on any atom is -0.488 e. The lowest BCUT2D eigenvalue weighted by Gasteiger charge is -2.22. The lowest BCUT2D eigenvalue weighted by Crippen LogP contribution is -2.19. The van der Waals surface area contributed by atoms with Crippen LogP contribution in [0.4, 0.5) is 4.39 Å². The predicted molar refractivity (Wildman–Crippen MR) is 58.2 cm³/mol. The molecule has 0 fully saturated rings. The molecule has 0 spiro atoms. The molecule has 0 saturated heterocycles. The summed E-state index contributed by atoms with van der Waals surface area (Å²) < 4.78 is 20.0. The van der Waals surface area contributed by atoms with Crippen LogP contribution in [0.25, 0.3) is 0 Å². The van der Waals surface area contributed by atoms with Crippen molar-refractivity contribution in [2.45, 2.75) is 26.4 Å². The quantitative estimate of drug-likeness (QED) is 0.671. The van der Waals surface area contributed by atoms with E-state index < -0.39 is 20.7 Å². The predicted octanol–water partition coefficient (Wildman–Crippen LogP) is 3.28. The van der Waals surface area contributed by atoms with Gasteiger partial charge in [0.05, 0.1) is 0 Å². The SMILES string of the molecule is CC(C)(C)OC1=CC=C(F)I=C1. The highest BCUT2D eigenvalue weighted by Gasteiger charge is 2.12. The summed E-state index contributed by atoms with van der Waals surface area (Å²) in [6.07, 6.45) is 3.18. The van der Waals surface area contributed by atoms with Gasteiger partial charge in [0.25, 0.3) is 0 Å². The van der Waals surface area contributed by atoms with Crippen LogP contribution in [0.2, 0.25) is 0 Å². The average Bonchev–Trinajstić information content (AvgIpc) is 1.91. The van der Waals surface area contributed by atoms with E-state index in [1.807, 2.05) is 24.8 Å². The Kier molecular flexibility index (Phi) is 3.04. The molecule has 1 aliphatic heterocycles. The first kappa shape index (κ1) is 9.89. The Morgan fingerprint density at radius 1 is 1.33 bits per heavy atom. The van der Waals surface area contributed by atoms with Gasteiger partial charge in [-0.2, -0.15) is 0 Å². The van der Waals surface area contributed by atoms with Crippen molar-refractivity contribution in [2.75, 3.05) is 0 Å². The number of rotatable bonds is 1. The molecule has 0 aromatic rings. The molecule has 12 heavy (non-hydrogen) atoms. The maximum Gasteiger partial charge on any atom is 0.155 e. The highest BCUT2D eigenvalue weighted by atomic mass is 127. The molecule has 68 valence electrons. The molecular formula is C9H12FIO. The highest BCUT2D eigenvalue weighted by Crippen LogP contribution is 2.23. The molecule has 0 unspecified atom stereocenters. The second kappa shape index (κ2) is 3.68. The van der Waals surface area contributed by atoms with Crippen LogP contribution < -0.4 is 0 Å². The van der Waals surface area contributed by atoms with Gasteiger partial charge in [0.2, 0.25) is 0 Å². The van der Waals surface area contributed by atoms with Crippen molar-refractivity contribution < 1.29 is 9.13 Å². The summed E-state index contributed by atoms with van der Waals surface area (Å²) in [7, 11) is 0. The molecule has 1 heterocycles. The van der Waals surface area contributed by atoms with Crippen molar-refractivity contribution in [2.24, 2.45) is 0 Å². The lowest BCUT2D eigenvalue weighted by atomic mass is 10.2. The second-order valence-corrected chi connectivity index (χ2v) is 5.73. The number of hydrogen-bond acceptors (Lipinski definition) is 1. The molecule has 0 N–H and O–H groups in total. The molecule has 0 radical (unpaired) electrons. The van der Waals surface area contributed by atoms with Crippen molar-refractivity contribution in [1.82, 2.24) is 0 Å². The van der Waals surface area contributed by atoms with E-state index in [0.717, 1.165) is 5.76 Å². The average molecular weight is 282 g/mol. The van der Waals surface area contributed by atoms with Gasteiger partial charge >= 0.3 is 0 Å². The van der Waals surface area contributed by atoms with Crippen LogP contribution >= 0.6 is 20.7 Å². The Morgan fingerprint density at radius 3 is 2.42 bits per heavy atom. The maximum atomic E-state index is 12.6. The third kappa shape index (κ3) is 3.47. The van der Waals surface area contributed by atoms with Crippen molar-refractivity contribution in [3.63, 3.8) is 0 Å². The van der Waals surface area contributed by atoms with E-state index in [4.69, 9.17) is 4.74 Å². The number of hydrogen-bond donors (Lipinski definition) is 0. The van der Waals surface area contributed by atoms with Crippen molar-refractivity contribution >= 4 is 24.7 Å². The number of allylic oxidation sites excluding steroid dienone is 3. The zero-order valence-electron chi connectivity index (χ0n) is 7.40. The fraction of sp³-hybridized carbons (Fsp3) is 0.444. The molecule has 0 amide bonds. The Labute approximate surface area is 82.0 Å². The molecule has 0 aliphatic carbocycles. The van der Waals surface area contributed by atoms with Gasteiger partial charge in [-0.25, -0.2) is 4.39 Å². The van der Waals surface area contributed by atoms with Crippen LogP contribution in [0.5, 0.6) is 0 Å². The van der Waals surface area contributed by atoms with Gasteiger partial charge in [-0.15, -0.1) is 0 Å². The van der Waals surface area contributed by atoms with Crippen molar-refractivity contribution in [1.29, 1.82) is 0 Å². The van der Waals surface area contributed by atoms with E-state index in [-0.39, 0.29) is 9.43 Å². The van der Waals surface area contributed by atoms with Crippen LogP contribution in [-0.2, 0) is 4.74 Å². The molecule has 0 bridgehead atoms. The second-order valence-electron chi connectivity index (χ2n) is 3.46. The molecule has 0 aromatic heterocycles. The summed E-state index contributed by atoms with van der Waals surface area (Å²) in [5.74, 6) is 0.803. The van der Waals surface area contributed by atoms with E-state index in [9.17, 15) is 4.39 Å². The van der Waals surface area contributed by atoms with Crippen LogP contribution in [-0.4, -0.2) is 9.61 Å². The molecule has 1 rings (SSSR count). The Morgan fingerprint density at radius 2 is 2.00 bits per heavy atom. The zero-order valence-corrected chi connectivity index (χ0v) is 9.55. The fourth-order valence-electron chi connectivity index (χ4n) is 0.734. The van der Waals surface area contributed by atoms with Gasteiger partial charge < -0.3 is 4.74 Å². The van der Waals surface area contributed by atoms with Gasteiger partial charge in [0.15, 0.2) is 3.83 Å². The monoisotopic (exact) mass is 282 g/mol. The molecule has 1 aliphatic rings. The van der Waals surface area contributed by atoms with Crippen LogP contribution in [0.15, 0.2) is 21.7 Å². The molecule has 0 atom stereocenters. The standard InChI is InChI=1S/C9H12FIO/c1-9(2,3)12-7-4-5-8(10)11-6-7/h4-6H,1-3H3. The summed E-state index contributed by atoms with van der Waals surface area (Å²) in [5.41, 5.74) is -0.187. The summed E-state index contributed by atoms with van der Waals surface area (Å²) in [5, 5.41) is 0. The lowest BCUT2D eigenvalue weighted by molar-refractivity contribution is 0.0658. The highest BCUT2D eigenvalue weighted by molar-refractivity contribution is 14.2. The Bertz CT molecular complexity index is 258. The third-order valence-corrected chi connectivity index (χ3v) is 2.94. The molecule has 0 aromatic carbocycles. The van der Waals surface area contributed by atoms with Gasteiger partial charge in [0, 0.05) is 4.01 Å². The van der Waals surface area contributed by atoms with E-state index in [1.54, 1.807) is 6.08 Å². The van der Waals surface area contributed by atoms with Gasteiger partial charge in [-0.3, -0.25) is 0 Å². The Balaban J connectivity index is 2.64. The molecule has 3 heteroatoms. The van der Waals surface area contributed by atoms with Gasteiger partial charge in [-0.1, -0.05) is 0 Å². The fourth-order valence-corrected chi connectivity index (χ4v) is 2.06. The minimum atomic E-state index is -0.567. The van der Waals surface area contributed by atoms with E-state index in [1.165, 1.54) is 6.08 Å². The summed E-state index contributed by atoms with van der Waals surface area (Å²) in [4.78, 5) is 0. The largest absolute Gasteiger partial charge is 0.488 e.